The van der Waals surface area contributed by atoms with Crippen LogP contribution in [-0.4, -0.2) is 10.4 Å². The van der Waals surface area contributed by atoms with Crippen molar-refractivity contribution in [3.05, 3.63) is 29.9 Å². The van der Waals surface area contributed by atoms with Crippen molar-refractivity contribution < 1.29 is 0 Å². The van der Waals surface area contributed by atoms with E-state index in [0.29, 0.717) is 0 Å². The standard InChI is InChI=1S/C8H10N2S/c1-9-4-2-3-8(9)10-5-6-11-7-10/h2-6H,7H2,1H3. The molecule has 11 heavy (non-hydrogen) atoms. The van der Waals surface area contributed by atoms with Crippen LogP contribution in [0.4, 0.5) is 5.82 Å². The molecular weight excluding hydrogens is 156 g/mol. The SMILES string of the molecule is Cn1cccc1N1C=CSC1. The fraction of sp³-hybridized carbons (Fsp3) is 0.250. The minimum atomic E-state index is 1.04. The van der Waals surface area contributed by atoms with Crippen LogP contribution >= 0.6 is 11.8 Å². The third-order valence-corrected chi connectivity index (χ3v) is 2.50. The van der Waals surface area contributed by atoms with Crippen molar-refractivity contribution in [1.29, 1.82) is 0 Å². The molecule has 0 amide bonds. The monoisotopic (exact) mass is 166 g/mol. The third-order valence-electron chi connectivity index (χ3n) is 1.76. The molecule has 0 saturated carbocycles. The van der Waals surface area contributed by atoms with Crippen LogP contribution < -0.4 is 4.90 Å². The van der Waals surface area contributed by atoms with E-state index in [1.807, 2.05) is 11.8 Å². The highest BCUT2D eigenvalue weighted by Gasteiger charge is 2.08. The highest BCUT2D eigenvalue weighted by atomic mass is 32.2. The Balaban J connectivity index is 2.28. The third kappa shape index (κ3) is 1.16. The highest BCUT2D eigenvalue weighted by Crippen LogP contribution is 2.23. The van der Waals surface area contributed by atoms with Gasteiger partial charge in [0.15, 0.2) is 0 Å². The molecule has 1 aliphatic heterocycles. The fourth-order valence-electron chi connectivity index (χ4n) is 1.18. The van der Waals surface area contributed by atoms with Crippen LogP contribution in [0.3, 0.4) is 0 Å². The van der Waals surface area contributed by atoms with Gasteiger partial charge >= 0.3 is 0 Å². The molecule has 0 aromatic carbocycles. The van der Waals surface area contributed by atoms with Crippen LogP contribution in [-0.2, 0) is 7.05 Å². The zero-order valence-corrected chi connectivity index (χ0v) is 7.21. The summed E-state index contributed by atoms with van der Waals surface area (Å²) in [5.74, 6) is 2.30. The number of aryl methyl sites for hydroxylation is 1. The summed E-state index contributed by atoms with van der Waals surface area (Å²) in [5.41, 5.74) is 0. The van der Waals surface area contributed by atoms with Gasteiger partial charge in [-0.3, -0.25) is 0 Å². The van der Waals surface area contributed by atoms with E-state index in [2.05, 4.69) is 46.5 Å². The van der Waals surface area contributed by atoms with E-state index in [1.54, 1.807) is 0 Å². The van der Waals surface area contributed by atoms with Crippen molar-refractivity contribution in [2.24, 2.45) is 7.05 Å². The van der Waals surface area contributed by atoms with Crippen molar-refractivity contribution in [2.75, 3.05) is 10.8 Å². The number of rotatable bonds is 1. The molecule has 1 aromatic rings. The topological polar surface area (TPSA) is 8.17 Å². The summed E-state index contributed by atoms with van der Waals surface area (Å²) in [7, 11) is 2.06. The van der Waals surface area contributed by atoms with Crippen LogP contribution in [0, 0.1) is 0 Å². The number of hydrogen-bond donors (Lipinski definition) is 0. The number of hydrogen-bond acceptors (Lipinski definition) is 2. The van der Waals surface area contributed by atoms with E-state index in [1.165, 1.54) is 5.82 Å². The number of nitrogens with zero attached hydrogens (tertiary/aromatic N) is 2. The van der Waals surface area contributed by atoms with Crippen molar-refractivity contribution in [3.63, 3.8) is 0 Å². The quantitative estimate of drug-likeness (QED) is 0.630. The second-order valence-corrected chi connectivity index (χ2v) is 3.39. The molecule has 0 atom stereocenters. The molecule has 3 heteroatoms. The molecule has 2 heterocycles. The van der Waals surface area contributed by atoms with Gasteiger partial charge in [-0.05, 0) is 17.5 Å². The lowest BCUT2D eigenvalue weighted by Gasteiger charge is -2.14. The second kappa shape index (κ2) is 2.66. The van der Waals surface area contributed by atoms with Gasteiger partial charge in [-0.1, -0.05) is 0 Å². The minimum Gasteiger partial charge on any atom is -0.337 e. The lowest BCUT2D eigenvalue weighted by atomic mass is 10.5. The van der Waals surface area contributed by atoms with Gasteiger partial charge in [0.05, 0.1) is 5.88 Å². The average Bonchev–Trinajstić information content (AvgIpc) is 2.55. The van der Waals surface area contributed by atoms with Crippen molar-refractivity contribution in [2.45, 2.75) is 0 Å². The molecule has 58 valence electrons. The first kappa shape index (κ1) is 6.85. The maximum absolute atomic E-state index is 2.23. The van der Waals surface area contributed by atoms with Crippen LogP contribution in [0.5, 0.6) is 0 Å². The zero-order chi connectivity index (χ0) is 7.68. The molecule has 0 fully saturated rings. The number of aromatic nitrogens is 1. The molecule has 2 nitrogen and oxygen atoms in total. The van der Waals surface area contributed by atoms with E-state index in [0.717, 1.165) is 5.88 Å². The van der Waals surface area contributed by atoms with Gasteiger partial charge in [-0.15, -0.1) is 11.8 Å². The number of anilines is 1. The van der Waals surface area contributed by atoms with E-state index in [4.69, 9.17) is 0 Å². The average molecular weight is 166 g/mol. The summed E-state index contributed by atoms with van der Waals surface area (Å²) in [6.45, 7) is 0. The molecule has 0 saturated heterocycles. The second-order valence-electron chi connectivity index (χ2n) is 2.53. The Labute approximate surface area is 70.5 Å². The van der Waals surface area contributed by atoms with Crippen LogP contribution in [0.25, 0.3) is 0 Å². The first-order valence-electron chi connectivity index (χ1n) is 3.54. The van der Waals surface area contributed by atoms with Crippen molar-refractivity contribution in [1.82, 2.24) is 4.57 Å². The van der Waals surface area contributed by atoms with Gasteiger partial charge in [0.25, 0.3) is 0 Å². The summed E-state index contributed by atoms with van der Waals surface area (Å²) in [4.78, 5) is 2.23. The lowest BCUT2D eigenvalue weighted by Crippen LogP contribution is -2.13. The number of thioether (sulfide) groups is 1. The predicted molar refractivity (Wildman–Crippen MR) is 49.5 cm³/mol. The summed E-state index contributed by atoms with van der Waals surface area (Å²) >= 11 is 1.82. The largest absolute Gasteiger partial charge is 0.337 e. The molecule has 1 aliphatic rings. The normalized spacial score (nSPS) is 16.3. The van der Waals surface area contributed by atoms with Gasteiger partial charge < -0.3 is 9.47 Å². The van der Waals surface area contributed by atoms with Gasteiger partial charge in [0.1, 0.15) is 5.82 Å². The highest BCUT2D eigenvalue weighted by molar-refractivity contribution is 8.02. The van der Waals surface area contributed by atoms with Crippen LogP contribution in [0.2, 0.25) is 0 Å². The maximum Gasteiger partial charge on any atom is 0.113 e. The Hall–Kier alpha value is -0.830. The summed E-state index contributed by atoms with van der Waals surface area (Å²) < 4.78 is 2.12. The molecule has 0 bridgehead atoms. The Morgan fingerprint density at radius 3 is 3.00 bits per heavy atom. The molecular formula is C8H10N2S. The summed E-state index contributed by atoms with van der Waals surface area (Å²) in [6, 6.07) is 4.18. The van der Waals surface area contributed by atoms with E-state index in [-0.39, 0.29) is 0 Å². The van der Waals surface area contributed by atoms with E-state index >= 15 is 0 Å². The molecule has 0 aliphatic carbocycles. The lowest BCUT2D eigenvalue weighted by molar-refractivity contribution is 0.897. The molecule has 2 rings (SSSR count). The Kier molecular flexibility index (Phi) is 1.66. The summed E-state index contributed by atoms with van der Waals surface area (Å²) in [6.07, 6.45) is 4.17. The van der Waals surface area contributed by atoms with E-state index in [9.17, 15) is 0 Å². The van der Waals surface area contributed by atoms with Crippen molar-refractivity contribution >= 4 is 17.6 Å². The van der Waals surface area contributed by atoms with Gasteiger partial charge in [-0.2, -0.15) is 0 Å². The van der Waals surface area contributed by atoms with E-state index < -0.39 is 0 Å². The van der Waals surface area contributed by atoms with Gasteiger partial charge in [0, 0.05) is 19.4 Å². The maximum atomic E-state index is 2.23. The molecule has 0 radical (unpaired) electrons. The molecule has 1 aromatic heterocycles. The van der Waals surface area contributed by atoms with Crippen LogP contribution in [0.1, 0.15) is 0 Å². The molecule has 0 unspecified atom stereocenters. The molecule has 0 N–H and O–H groups in total. The first-order chi connectivity index (χ1) is 5.38. The van der Waals surface area contributed by atoms with Crippen LogP contribution in [0.15, 0.2) is 29.9 Å². The smallest absolute Gasteiger partial charge is 0.113 e. The van der Waals surface area contributed by atoms with Gasteiger partial charge in [-0.25, -0.2) is 0 Å². The Morgan fingerprint density at radius 1 is 1.55 bits per heavy atom. The van der Waals surface area contributed by atoms with Gasteiger partial charge in [0.2, 0.25) is 0 Å². The predicted octanol–water partition coefficient (Wildman–Crippen LogP) is 2.01. The first-order valence-corrected chi connectivity index (χ1v) is 4.59. The van der Waals surface area contributed by atoms with Crippen molar-refractivity contribution in [3.8, 4) is 0 Å². The Morgan fingerprint density at radius 2 is 2.45 bits per heavy atom. The fourth-order valence-corrected chi connectivity index (χ4v) is 1.87. The zero-order valence-electron chi connectivity index (χ0n) is 6.40. The molecule has 0 spiro atoms. The minimum absolute atomic E-state index is 1.04. The summed E-state index contributed by atoms with van der Waals surface area (Å²) in [5, 5.41) is 2.12. The Bertz CT molecular complexity index is 277.